The van der Waals surface area contributed by atoms with Gasteiger partial charge in [0.2, 0.25) is 0 Å². The first-order chi connectivity index (χ1) is 8.95. The molecule has 1 unspecified atom stereocenters. The number of anilines is 1. The van der Waals surface area contributed by atoms with E-state index < -0.39 is 18.0 Å². The van der Waals surface area contributed by atoms with Crippen LogP contribution >= 0.6 is 0 Å². The number of benzene rings is 1. The predicted molar refractivity (Wildman–Crippen MR) is 68.0 cm³/mol. The van der Waals surface area contributed by atoms with Crippen LogP contribution < -0.4 is 15.8 Å². The monoisotopic (exact) mass is 268 g/mol. The lowest BCUT2D eigenvalue weighted by Gasteiger charge is -2.10. The summed E-state index contributed by atoms with van der Waals surface area (Å²) in [6, 6.07) is 4.58. The molecule has 0 aromatic heterocycles. The van der Waals surface area contributed by atoms with E-state index in [0.29, 0.717) is 17.0 Å². The van der Waals surface area contributed by atoms with Gasteiger partial charge in [-0.2, -0.15) is 0 Å². The van der Waals surface area contributed by atoms with Gasteiger partial charge in [-0.1, -0.05) is 0 Å². The van der Waals surface area contributed by atoms with Gasteiger partial charge in [0.15, 0.2) is 6.10 Å². The van der Waals surface area contributed by atoms with Crippen molar-refractivity contribution in [3.63, 3.8) is 0 Å². The van der Waals surface area contributed by atoms with Crippen LogP contribution in [0.3, 0.4) is 0 Å². The van der Waals surface area contributed by atoms with Gasteiger partial charge in [-0.3, -0.25) is 4.79 Å². The van der Waals surface area contributed by atoms with Gasteiger partial charge in [0.1, 0.15) is 5.75 Å². The van der Waals surface area contributed by atoms with Gasteiger partial charge in [-0.05, 0) is 12.1 Å². The van der Waals surface area contributed by atoms with Crippen molar-refractivity contribution in [2.75, 3.05) is 19.4 Å². The van der Waals surface area contributed by atoms with Crippen molar-refractivity contribution < 1.29 is 24.5 Å². The maximum absolute atomic E-state index is 11.8. The molecule has 7 nitrogen and oxygen atoms in total. The highest BCUT2D eigenvalue weighted by atomic mass is 16.5. The zero-order chi connectivity index (χ0) is 14.4. The summed E-state index contributed by atoms with van der Waals surface area (Å²) < 4.78 is 5.03. The van der Waals surface area contributed by atoms with Gasteiger partial charge in [0, 0.05) is 24.7 Å². The van der Waals surface area contributed by atoms with Crippen molar-refractivity contribution in [3.8, 4) is 5.75 Å². The third-order valence-corrected chi connectivity index (χ3v) is 2.46. The largest absolute Gasteiger partial charge is 0.496 e. The average Bonchev–Trinajstić information content (AvgIpc) is 2.37. The van der Waals surface area contributed by atoms with E-state index in [-0.39, 0.29) is 13.0 Å². The number of carboxylic acid groups (broad SMARTS) is 1. The second-order valence-corrected chi connectivity index (χ2v) is 3.86. The van der Waals surface area contributed by atoms with E-state index >= 15 is 0 Å². The second-order valence-electron chi connectivity index (χ2n) is 3.86. The zero-order valence-electron chi connectivity index (χ0n) is 10.4. The molecule has 1 amide bonds. The molecule has 0 fully saturated rings. The maximum atomic E-state index is 11.8. The number of amides is 1. The number of carboxylic acids is 1. The molecule has 0 bridgehead atoms. The van der Waals surface area contributed by atoms with Crippen LogP contribution in [-0.4, -0.2) is 41.8 Å². The van der Waals surface area contributed by atoms with Crippen molar-refractivity contribution >= 4 is 17.6 Å². The molecule has 7 heteroatoms. The number of hydrogen-bond acceptors (Lipinski definition) is 5. The van der Waals surface area contributed by atoms with Gasteiger partial charge in [-0.25, -0.2) is 4.79 Å². The van der Waals surface area contributed by atoms with Crippen molar-refractivity contribution in [2.24, 2.45) is 0 Å². The summed E-state index contributed by atoms with van der Waals surface area (Å²) in [5, 5.41) is 20.0. The number of methoxy groups -OCH3 is 1. The standard InChI is InChI=1S/C12H16N2O5/c1-19-10-6-7(13)2-3-8(10)11(16)14-5-4-9(15)12(17)18/h2-3,6,9,15H,4-5,13H2,1H3,(H,14,16)(H,17,18). The maximum Gasteiger partial charge on any atom is 0.332 e. The summed E-state index contributed by atoms with van der Waals surface area (Å²) in [7, 11) is 1.42. The number of ether oxygens (including phenoxy) is 1. The third-order valence-electron chi connectivity index (χ3n) is 2.46. The van der Waals surface area contributed by atoms with E-state index in [2.05, 4.69) is 5.32 Å². The molecule has 0 aliphatic carbocycles. The van der Waals surface area contributed by atoms with Gasteiger partial charge < -0.3 is 26.0 Å². The number of nitrogens with two attached hydrogens (primary N) is 1. The number of aliphatic hydroxyl groups excluding tert-OH is 1. The molecule has 5 N–H and O–H groups in total. The van der Waals surface area contributed by atoms with Gasteiger partial charge in [0.25, 0.3) is 5.91 Å². The van der Waals surface area contributed by atoms with E-state index in [4.69, 9.17) is 20.7 Å². The predicted octanol–water partition coefficient (Wildman–Crippen LogP) is -0.157. The highest BCUT2D eigenvalue weighted by Gasteiger charge is 2.15. The van der Waals surface area contributed by atoms with Gasteiger partial charge >= 0.3 is 5.97 Å². The Kier molecular flexibility index (Phi) is 5.13. The number of nitrogens with one attached hydrogen (secondary N) is 1. The second kappa shape index (κ2) is 6.60. The number of aliphatic hydroxyl groups is 1. The normalized spacial score (nSPS) is 11.7. The molecule has 0 saturated heterocycles. The Morgan fingerprint density at radius 1 is 1.47 bits per heavy atom. The number of rotatable bonds is 6. The molecule has 1 aromatic carbocycles. The topological polar surface area (TPSA) is 122 Å². The van der Waals surface area contributed by atoms with Crippen LogP contribution in [0.15, 0.2) is 18.2 Å². The quantitative estimate of drug-likeness (QED) is 0.532. The van der Waals surface area contributed by atoms with Crippen LogP contribution in [0.4, 0.5) is 5.69 Å². The number of carbonyl (C=O) groups is 2. The minimum atomic E-state index is -1.49. The molecular formula is C12H16N2O5. The Hall–Kier alpha value is -2.28. The van der Waals surface area contributed by atoms with E-state index in [9.17, 15) is 9.59 Å². The molecule has 104 valence electrons. The zero-order valence-corrected chi connectivity index (χ0v) is 10.4. The lowest BCUT2D eigenvalue weighted by atomic mass is 10.1. The van der Waals surface area contributed by atoms with Crippen LogP contribution in [0.2, 0.25) is 0 Å². The third kappa shape index (κ3) is 4.14. The van der Waals surface area contributed by atoms with Crippen molar-refractivity contribution in [3.05, 3.63) is 23.8 Å². The van der Waals surface area contributed by atoms with Crippen LogP contribution in [-0.2, 0) is 4.79 Å². The Labute approximate surface area is 110 Å². The number of carbonyl (C=O) groups excluding carboxylic acids is 1. The summed E-state index contributed by atoms with van der Waals surface area (Å²) in [6.07, 6.45) is -1.56. The molecule has 0 aliphatic heterocycles. The molecule has 0 aliphatic rings. The van der Waals surface area contributed by atoms with Crippen molar-refractivity contribution in [1.82, 2.24) is 5.32 Å². The molecule has 0 saturated carbocycles. The Morgan fingerprint density at radius 2 is 2.16 bits per heavy atom. The SMILES string of the molecule is COc1cc(N)ccc1C(=O)NCCC(O)C(=O)O. The molecular weight excluding hydrogens is 252 g/mol. The number of hydrogen-bond donors (Lipinski definition) is 4. The van der Waals surface area contributed by atoms with Crippen LogP contribution in [0.5, 0.6) is 5.75 Å². The lowest BCUT2D eigenvalue weighted by molar-refractivity contribution is -0.146. The average molecular weight is 268 g/mol. The Balaban J connectivity index is 2.61. The van der Waals surface area contributed by atoms with E-state index in [0.717, 1.165) is 0 Å². The molecule has 1 atom stereocenters. The van der Waals surface area contributed by atoms with Crippen LogP contribution in [0.1, 0.15) is 16.8 Å². The highest BCUT2D eigenvalue weighted by Crippen LogP contribution is 2.21. The van der Waals surface area contributed by atoms with E-state index in [1.807, 2.05) is 0 Å². The van der Waals surface area contributed by atoms with Crippen molar-refractivity contribution in [2.45, 2.75) is 12.5 Å². The van der Waals surface area contributed by atoms with Crippen LogP contribution in [0, 0.1) is 0 Å². The number of aliphatic carboxylic acids is 1. The summed E-state index contributed by atoms with van der Waals surface area (Å²) in [5.41, 5.74) is 6.33. The van der Waals surface area contributed by atoms with Gasteiger partial charge in [-0.15, -0.1) is 0 Å². The first-order valence-corrected chi connectivity index (χ1v) is 5.58. The summed E-state index contributed by atoms with van der Waals surface area (Å²) in [4.78, 5) is 22.2. The highest BCUT2D eigenvalue weighted by molar-refractivity contribution is 5.97. The summed E-state index contributed by atoms with van der Waals surface area (Å²) >= 11 is 0. The fourth-order valence-electron chi connectivity index (χ4n) is 1.44. The molecule has 1 aromatic rings. The molecule has 1 rings (SSSR count). The van der Waals surface area contributed by atoms with Crippen LogP contribution in [0.25, 0.3) is 0 Å². The Morgan fingerprint density at radius 3 is 2.74 bits per heavy atom. The van der Waals surface area contributed by atoms with E-state index in [1.165, 1.54) is 19.2 Å². The lowest BCUT2D eigenvalue weighted by Crippen LogP contribution is -2.30. The Bertz CT molecular complexity index is 475. The molecule has 0 heterocycles. The van der Waals surface area contributed by atoms with E-state index in [1.54, 1.807) is 6.07 Å². The number of nitrogen functional groups attached to an aromatic ring is 1. The first-order valence-electron chi connectivity index (χ1n) is 5.58. The minimum absolute atomic E-state index is 0.0415. The fraction of sp³-hybridized carbons (Fsp3) is 0.333. The molecule has 0 spiro atoms. The van der Waals surface area contributed by atoms with Gasteiger partial charge in [0.05, 0.1) is 12.7 Å². The first kappa shape index (κ1) is 14.8. The smallest absolute Gasteiger partial charge is 0.332 e. The fourth-order valence-corrected chi connectivity index (χ4v) is 1.44. The molecule has 19 heavy (non-hydrogen) atoms. The van der Waals surface area contributed by atoms with Crippen molar-refractivity contribution in [1.29, 1.82) is 0 Å². The minimum Gasteiger partial charge on any atom is -0.496 e. The molecule has 0 radical (unpaired) electrons. The summed E-state index contributed by atoms with van der Waals surface area (Å²) in [6.45, 7) is 0.0415. The summed E-state index contributed by atoms with van der Waals surface area (Å²) in [5.74, 6) is -1.41.